The van der Waals surface area contributed by atoms with Gasteiger partial charge in [-0.1, -0.05) is 11.6 Å². The standard InChI is InChI=1S/C50H61ClN15O4P/c1-62-31-33(27-56-62)36-25-41(59-50-55-29-37(51)48(61-50)58-39-7-6-38-46(53-16-15-52-38)47(39)71(3,4)69)43(70-2)26-42(36)66-19-13-34(14-20-66)65-23-21-63(22-24-65)30-32-11-17-64(18-12-32)35-5-9-44(54-28-35)57-40-8-10-45(67)60-49(40)68/h5-7,9,15-16,25-29,31-32,34,40H,8,10-14,17-24,30H2,1-4H3,(H,54,57)(H,60,67,68)(H2,55,58,59,61). The second-order valence-corrected chi connectivity index (χ2v) is 22.9. The van der Waals surface area contributed by atoms with Crippen LogP contribution in [0.5, 0.6) is 5.75 Å². The number of benzene rings is 2. The van der Waals surface area contributed by atoms with Gasteiger partial charge >= 0.3 is 0 Å². The van der Waals surface area contributed by atoms with Gasteiger partial charge in [-0.15, -0.1) is 0 Å². The molecule has 4 aromatic heterocycles. The van der Waals surface area contributed by atoms with Gasteiger partial charge in [-0.05, 0) is 81.7 Å². The molecule has 1 unspecified atom stereocenters. The fourth-order valence-electron chi connectivity index (χ4n) is 10.5. The summed E-state index contributed by atoms with van der Waals surface area (Å²) < 4.78 is 21.5. The number of hydrogen-bond acceptors (Lipinski definition) is 17. The smallest absolute Gasteiger partial charge is 0.249 e. The molecular formula is C50H61ClN15O4P. The van der Waals surface area contributed by atoms with E-state index in [0.29, 0.717) is 80.9 Å². The molecule has 19 nitrogen and oxygen atoms in total. The molecule has 4 N–H and O–H groups in total. The molecule has 0 spiro atoms. The molecule has 1 atom stereocenters. The zero-order valence-corrected chi connectivity index (χ0v) is 42.3. The second-order valence-electron chi connectivity index (χ2n) is 19.4. The van der Waals surface area contributed by atoms with Gasteiger partial charge in [0.2, 0.25) is 17.8 Å². The molecule has 2 amide bonds. The van der Waals surface area contributed by atoms with Crippen molar-refractivity contribution in [1.29, 1.82) is 0 Å². The monoisotopic (exact) mass is 1000 g/mol. The number of anilines is 7. The zero-order chi connectivity index (χ0) is 49.2. The quantitative estimate of drug-likeness (QED) is 0.0695. The number of methoxy groups -OCH3 is 1. The van der Waals surface area contributed by atoms with Gasteiger partial charge in [-0.3, -0.25) is 34.5 Å². The number of nitrogens with one attached hydrogen (secondary N) is 4. The minimum absolute atomic E-state index is 0.222. The Balaban J connectivity index is 0.744. The third-order valence-corrected chi connectivity index (χ3v) is 16.1. The number of pyridine rings is 1. The van der Waals surface area contributed by atoms with Crippen molar-refractivity contribution in [3.05, 3.63) is 78.6 Å². The van der Waals surface area contributed by atoms with Crippen LogP contribution in [0.2, 0.25) is 5.02 Å². The molecule has 372 valence electrons. The molecule has 2 aromatic carbocycles. The van der Waals surface area contributed by atoms with Crippen molar-refractivity contribution in [3.8, 4) is 16.9 Å². The number of carbonyl (C=O) groups excluding carboxylic acids is 2. The van der Waals surface area contributed by atoms with E-state index < -0.39 is 13.2 Å². The van der Waals surface area contributed by atoms with E-state index in [1.807, 2.05) is 48.5 Å². The molecule has 6 aromatic rings. The van der Waals surface area contributed by atoms with E-state index in [1.165, 1.54) is 6.20 Å². The Hall–Kier alpha value is -6.40. The fraction of sp³-hybridized carbons (Fsp3) is 0.440. The number of fused-ring (bicyclic) bond motifs is 1. The number of piperidine rings is 3. The maximum absolute atomic E-state index is 13.6. The van der Waals surface area contributed by atoms with E-state index in [2.05, 4.69) is 84.1 Å². The Morgan fingerprint density at radius 3 is 2.31 bits per heavy atom. The largest absolute Gasteiger partial charge is 0.494 e. The van der Waals surface area contributed by atoms with Gasteiger partial charge in [0.05, 0.1) is 53.6 Å². The lowest BCUT2D eigenvalue weighted by atomic mass is 9.95. The van der Waals surface area contributed by atoms with Crippen molar-refractivity contribution in [2.24, 2.45) is 13.0 Å². The molecule has 21 heteroatoms. The molecule has 71 heavy (non-hydrogen) atoms. The number of hydrogen-bond donors (Lipinski definition) is 4. The van der Waals surface area contributed by atoms with Crippen LogP contribution in [0.3, 0.4) is 0 Å². The van der Waals surface area contributed by atoms with E-state index in [4.69, 9.17) is 21.3 Å². The van der Waals surface area contributed by atoms with Crippen LogP contribution in [-0.4, -0.2) is 148 Å². The van der Waals surface area contributed by atoms with Crippen LogP contribution in [0.25, 0.3) is 22.2 Å². The summed E-state index contributed by atoms with van der Waals surface area (Å²) in [4.78, 5) is 56.8. The molecule has 0 radical (unpaired) electrons. The van der Waals surface area contributed by atoms with Gasteiger partial charge in [0.15, 0.2) is 5.82 Å². The maximum Gasteiger partial charge on any atom is 0.249 e. The molecule has 10 rings (SSSR count). The minimum Gasteiger partial charge on any atom is -0.494 e. The van der Waals surface area contributed by atoms with Crippen molar-refractivity contribution < 1.29 is 18.9 Å². The summed E-state index contributed by atoms with van der Waals surface area (Å²) in [6.07, 6.45) is 15.8. The number of carbonyl (C=O) groups is 2. The van der Waals surface area contributed by atoms with E-state index in [-0.39, 0.29) is 11.8 Å². The van der Waals surface area contributed by atoms with Gasteiger partial charge in [0.25, 0.3) is 0 Å². The van der Waals surface area contributed by atoms with Crippen molar-refractivity contribution in [2.75, 3.05) is 105 Å². The van der Waals surface area contributed by atoms with Crippen LogP contribution < -0.4 is 41.1 Å². The highest BCUT2D eigenvalue weighted by atomic mass is 35.5. The van der Waals surface area contributed by atoms with E-state index >= 15 is 0 Å². The number of piperazine rings is 1. The first-order valence-electron chi connectivity index (χ1n) is 24.4. The Labute approximate surface area is 418 Å². The number of aryl methyl sites for hydroxylation is 1. The number of amides is 2. The average molecular weight is 1000 g/mol. The molecule has 4 aliphatic heterocycles. The van der Waals surface area contributed by atoms with Crippen LogP contribution in [0.1, 0.15) is 38.5 Å². The SMILES string of the molecule is COc1cc(N2CCC(N3CCN(CC4CCN(c5ccc(NC6CCC(=O)NC6=O)nc5)CC4)CC3)CC2)c(-c2cnn(C)c2)cc1Nc1ncc(Cl)c(Nc2ccc3nccnc3c2P(C)(C)=O)n1. The minimum atomic E-state index is -2.83. The van der Waals surface area contributed by atoms with Crippen LogP contribution in [0.15, 0.2) is 73.6 Å². The van der Waals surface area contributed by atoms with Crippen molar-refractivity contribution in [1.82, 2.24) is 49.8 Å². The summed E-state index contributed by atoms with van der Waals surface area (Å²) in [5, 5.41) is 17.7. The molecule has 8 heterocycles. The van der Waals surface area contributed by atoms with E-state index in [1.54, 1.807) is 32.8 Å². The van der Waals surface area contributed by atoms with Crippen molar-refractivity contribution in [3.63, 3.8) is 0 Å². The summed E-state index contributed by atoms with van der Waals surface area (Å²) in [5.74, 6) is 2.09. The highest BCUT2D eigenvalue weighted by molar-refractivity contribution is 7.71. The maximum atomic E-state index is 13.6. The predicted molar refractivity (Wildman–Crippen MR) is 280 cm³/mol. The third kappa shape index (κ3) is 10.9. The average Bonchev–Trinajstić information content (AvgIpc) is 3.82. The number of ether oxygens (including phenoxy) is 1. The van der Waals surface area contributed by atoms with E-state index in [0.717, 1.165) is 107 Å². The lowest BCUT2D eigenvalue weighted by molar-refractivity contribution is -0.133. The Morgan fingerprint density at radius 1 is 0.831 bits per heavy atom. The van der Waals surface area contributed by atoms with Crippen LogP contribution in [0.4, 0.5) is 40.3 Å². The van der Waals surface area contributed by atoms with Crippen LogP contribution in [0, 0.1) is 5.92 Å². The van der Waals surface area contributed by atoms with Gasteiger partial charge in [-0.25, -0.2) is 9.97 Å². The summed E-state index contributed by atoms with van der Waals surface area (Å²) in [7, 11) is 0.765. The number of aromatic nitrogens is 7. The Morgan fingerprint density at radius 2 is 1.61 bits per heavy atom. The number of rotatable bonds is 14. The molecular weight excluding hydrogens is 941 g/mol. The zero-order valence-electron chi connectivity index (χ0n) is 40.6. The molecule has 0 aliphatic carbocycles. The first-order valence-corrected chi connectivity index (χ1v) is 27.4. The molecule has 4 aliphatic rings. The van der Waals surface area contributed by atoms with Gasteiger partial charge in [0, 0.05) is 120 Å². The third-order valence-electron chi connectivity index (χ3n) is 14.3. The Bertz CT molecular complexity index is 2950. The normalized spacial score (nSPS) is 19.0. The lowest BCUT2D eigenvalue weighted by Gasteiger charge is -2.44. The van der Waals surface area contributed by atoms with Crippen molar-refractivity contribution in [2.45, 2.75) is 50.6 Å². The topological polar surface area (TPSA) is 204 Å². The fourth-order valence-corrected chi connectivity index (χ4v) is 12.0. The number of halogens is 1. The first-order chi connectivity index (χ1) is 34.3. The molecule has 4 saturated heterocycles. The van der Waals surface area contributed by atoms with Crippen molar-refractivity contribution >= 4 is 87.2 Å². The lowest BCUT2D eigenvalue weighted by Crippen LogP contribution is -2.54. The number of imide groups is 1. The van der Waals surface area contributed by atoms with Crippen LogP contribution >= 0.6 is 18.7 Å². The van der Waals surface area contributed by atoms with Crippen LogP contribution in [-0.2, 0) is 21.2 Å². The second kappa shape index (κ2) is 20.7. The highest BCUT2D eigenvalue weighted by Crippen LogP contribution is 2.43. The molecule has 4 fully saturated rings. The van der Waals surface area contributed by atoms with Gasteiger partial charge < -0.3 is 40.0 Å². The highest BCUT2D eigenvalue weighted by Gasteiger charge is 2.32. The first kappa shape index (κ1) is 48.2. The molecule has 0 bridgehead atoms. The predicted octanol–water partition coefficient (Wildman–Crippen LogP) is 6.33. The summed E-state index contributed by atoms with van der Waals surface area (Å²) in [5.41, 5.74) is 6.66. The van der Waals surface area contributed by atoms with E-state index in [9.17, 15) is 14.2 Å². The van der Waals surface area contributed by atoms with Gasteiger partial charge in [-0.2, -0.15) is 10.1 Å². The number of nitrogens with zero attached hydrogens (tertiary/aromatic N) is 11. The summed E-state index contributed by atoms with van der Waals surface area (Å²) >= 11 is 6.68. The van der Waals surface area contributed by atoms with Gasteiger partial charge in [0.1, 0.15) is 35.3 Å². The molecule has 0 saturated carbocycles. The summed E-state index contributed by atoms with van der Waals surface area (Å²) in [6, 6.07) is 11.9. The Kier molecular flexibility index (Phi) is 14.1. The summed E-state index contributed by atoms with van der Waals surface area (Å²) in [6.45, 7) is 12.8.